The fraction of sp³-hybridized carbons (Fsp3) is 0.0870. The Morgan fingerprint density at radius 1 is 0.933 bits per heavy atom. The lowest BCUT2D eigenvalue weighted by atomic mass is 10.1. The van der Waals surface area contributed by atoms with E-state index in [1.807, 2.05) is 66.7 Å². The fourth-order valence-electron chi connectivity index (χ4n) is 2.65. The summed E-state index contributed by atoms with van der Waals surface area (Å²) in [6.45, 7) is -0.0766. The van der Waals surface area contributed by atoms with Crippen LogP contribution in [0.25, 0.3) is 11.5 Å². The van der Waals surface area contributed by atoms with Crippen molar-refractivity contribution in [3.8, 4) is 11.5 Å². The van der Waals surface area contributed by atoms with Crippen LogP contribution in [0.15, 0.2) is 88.2 Å². The molecule has 0 unspecified atom stereocenters. The Balaban J connectivity index is 1.29. The van der Waals surface area contributed by atoms with E-state index in [0.29, 0.717) is 11.5 Å². The van der Waals surface area contributed by atoms with Gasteiger partial charge in [0.05, 0.1) is 5.56 Å². The largest absolute Gasteiger partial charge is 0.452 e. The third-order valence-corrected chi connectivity index (χ3v) is 5.56. The first kappa shape index (κ1) is 20.2. The Morgan fingerprint density at radius 3 is 2.40 bits per heavy atom. The van der Waals surface area contributed by atoms with Crippen LogP contribution in [-0.2, 0) is 17.1 Å². The van der Waals surface area contributed by atoms with Crippen LogP contribution in [0.4, 0.5) is 0 Å². The van der Waals surface area contributed by atoms with Gasteiger partial charge in [0, 0.05) is 21.2 Å². The number of nitrogens with zero attached hydrogens (tertiary/aromatic N) is 2. The van der Waals surface area contributed by atoms with E-state index in [4.69, 9.17) is 20.8 Å². The Kier molecular flexibility index (Phi) is 6.47. The first-order valence-electron chi connectivity index (χ1n) is 9.19. The van der Waals surface area contributed by atoms with E-state index in [2.05, 4.69) is 10.2 Å². The summed E-state index contributed by atoms with van der Waals surface area (Å²) in [5.41, 5.74) is 2.39. The highest BCUT2D eigenvalue weighted by Gasteiger charge is 2.12. The topological polar surface area (TPSA) is 65.2 Å². The van der Waals surface area contributed by atoms with Crippen LogP contribution in [0.5, 0.6) is 0 Å². The van der Waals surface area contributed by atoms with Crippen molar-refractivity contribution < 1.29 is 13.9 Å². The number of benzene rings is 3. The van der Waals surface area contributed by atoms with Crippen molar-refractivity contribution in [1.82, 2.24) is 10.2 Å². The number of aromatic nitrogens is 2. The Hall–Kier alpha value is -3.09. The van der Waals surface area contributed by atoms with E-state index < -0.39 is 5.97 Å². The summed E-state index contributed by atoms with van der Waals surface area (Å²) in [7, 11) is 0. The van der Waals surface area contributed by atoms with Gasteiger partial charge < -0.3 is 9.15 Å². The third kappa shape index (κ3) is 5.28. The SMILES string of the molecule is O=C(OCc1nnc(-c2ccccc2)o1)c1ccc(CSc2ccc(Cl)cc2)cc1. The second kappa shape index (κ2) is 9.61. The number of halogens is 1. The lowest BCUT2D eigenvalue weighted by Crippen LogP contribution is -2.05. The standard InChI is InChI=1S/C23H17ClN2O3S/c24-19-10-12-20(13-11-19)30-15-16-6-8-18(9-7-16)23(27)28-14-21-25-26-22(29-21)17-4-2-1-3-5-17/h1-13H,14-15H2. The molecule has 0 aliphatic carbocycles. The molecular formula is C23H17ClN2O3S. The maximum absolute atomic E-state index is 12.3. The van der Waals surface area contributed by atoms with Crippen LogP contribution in [-0.4, -0.2) is 16.2 Å². The minimum absolute atomic E-state index is 0.0766. The number of esters is 1. The van der Waals surface area contributed by atoms with Gasteiger partial charge in [0.25, 0.3) is 5.89 Å². The average molecular weight is 437 g/mol. The second-order valence-electron chi connectivity index (χ2n) is 6.38. The molecule has 0 amide bonds. The molecule has 5 nitrogen and oxygen atoms in total. The van der Waals surface area contributed by atoms with Gasteiger partial charge in [-0.15, -0.1) is 22.0 Å². The van der Waals surface area contributed by atoms with Crippen molar-refractivity contribution in [3.05, 3.63) is 101 Å². The monoisotopic (exact) mass is 436 g/mol. The molecule has 1 aromatic heterocycles. The summed E-state index contributed by atoms with van der Waals surface area (Å²) in [6, 6.07) is 24.5. The summed E-state index contributed by atoms with van der Waals surface area (Å²) in [5.74, 6) is 0.995. The molecule has 150 valence electrons. The predicted molar refractivity (Wildman–Crippen MR) is 116 cm³/mol. The minimum atomic E-state index is -0.439. The summed E-state index contributed by atoms with van der Waals surface area (Å²) < 4.78 is 10.8. The molecule has 7 heteroatoms. The Morgan fingerprint density at radius 2 is 1.67 bits per heavy atom. The van der Waals surface area contributed by atoms with E-state index in [1.165, 1.54) is 0 Å². The summed E-state index contributed by atoms with van der Waals surface area (Å²) in [5, 5.41) is 8.63. The lowest BCUT2D eigenvalue weighted by Gasteiger charge is -2.05. The first-order chi connectivity index (χ1) is 14.7. The molecular weight excluding hydrogens is 420 g/mol. The van der Waals surface area contributed by atoms with E-state index in [1.54, 1.807) is 23.9 Å². The van der Waals surface area contributed by atoms with Gasteiger partial charge in [-0.3, -0.25) is 0 Å². The zero-order valence-electron chi connectivity index (χ0n) is 15.8. The van der Waals surface area contributed by atoms with Crippen LogP contribution in [0.3, 0.4) is 0 Å². The number of carbonyl (C=O) groups excluding carboxylic acids is 1. The molecule has 0 saturated carbocycles. The Labute approximate surface area is 183 Å². The molecule has 0 saturated heterocycles. The lowest BCUT2D eigenvalue weighted by molar-refractivity contribution is 0.0438. The molecule has 4 aromatic rings. The number of ether oxygens (including phenoxy) is 1. The molecule has 4 rings (SSSR count). The van der Waals surface area contributed by atoms with Crippen LogP contribution in [0.2, 0.25) is 5.02 Å². The normalized spacial score (nSPS) is 10.7. The summed E-state index contributed by atoms with van der Waals surface area (Å²) in [4.78, 5) is 13.4. The molecule has 0 radical (unpaired) electrons. The van der Waals surface area contributed by atoms with E-state index in [0.717, 1.165) is 26.8 Å². The highest BCUT2D eigenvalue weighted by molar-refractivity contribution is 7.98. The van der Waals surface area contributed by atoms with Gasteiger partial charge >= 0.3 is 5.97 Å². The highest BCUT2D eigenvalue weighted by Crippen LogP contribution is 2.24. The third-order valence-electron chi connectivity index (χ3n) is 4.22. The van der Waals surface area contributed by atoms with Crippen LogP contribution in [0.1, 0.15) is 21.8 Å². The van der Waals surface area contributed by atoms with E-state index >= 15 is 0 Å². The fourth-order valence-corrected chi connectivity index (χ4v) is 3.63. The van der Waals surface area contributed by atoms with Gasteiger partial charge in [-0.1, -0.05) is 41.9 Å². The molecule has 0 aliphatic rings. The van der Waals surface area contributed by atoms with Gasteiger partial charge in [-0.25, -0.2) is 4.79 Å². The number of carbonyl (C=O) groups is 1. The molecule has 30 heavy (non-hydrogen) atoms. The molecule has 0 fully saturated rings. The van der Waals surface area contributed by atoms with Gasteiger partial charge in [0.15, 0.2) is 6.61 Å². The molecule has 3 aromatic carbocycles. The van der Waals surface area contributed by atoms with Gasteiger partial charge in [0.2, 0.25) is 5.89 Å². The minimum Gasteiger partial charge on any atom is -0.452 e. The molecule has 0 bridgehead atoms. The second-order valence-corrected chi connectivity index (χ2v) is 7.87. The van der Waals surface area contributed by atoms with Crippen molar-refractivity contribution in [2.75, 3.05) is 0 Å². The quantitative estimate of drug-likeness (QED) is 0.260. The average Bonchev–Trinajstić information content (AvgIpc) is 3.27. The molecule has 0 atom stereocenters. The summed E-state index contributed by atoms with van der Waals surface area (Å²) in [6.07, 6.45) is 0. The number of hydrogen-bond acceptors (Lipinski definition) is 6. The summed E-state index contributed by atoms with van der Waals surface area (Å²) >= 11 is 7.61. The van der Waals surface area contributed by atoms with E-state index in [-0.39, 0.29) is 12.5 Å². The number of rotatable bonds is 7. The molecule has 0 aliphatic heterocycles. The predicted octanol–water partition coefficient (Wildman–Crippen LogP) is 6.04. The Bertz CT molecular complexity index is 1110. The van der Waals surface area contributed by atoms with Crippen molar-refractivity contribution in [3.63, 3.8) is 0 Å². The first-order valence-corrected chi connectivity index (χ1v) is 10.6. The molecule has 0 N–H and O–H groups in total. The maximum atomic E-state index is 12.3. The van der Waals surface area contributed by atoms with Crippen LogP contribution >= 0.6 is 23.4 Å². The smallest absolute Gasteiger partial charge is 0.338 e. The van der Waals surface area contributed by atoms with Crippen LogP contribution in [0, 0.1) is 0 Å². The molecule has 0 spiro atoms. The highest BCUT2D eigenvalue weighted by atomic mass is 35.5. The van der Waals surface area contributed by atoms with Crippen molar-refractivity contribution in [1.29, 1.82) is 0 Å². The van der Waals surface area contributed by atoms with E-state index in [9.17, 15) is 4.79 Å². The van der Waals surface area contributed by atoms with Gasteiger partial charge in [0.1, 0.15) is 0 Å². The zero-order chi connectivity index (χ0) is 20.8. The number of hydrogen-bond donors (Lipinski definition) is 0. The van der Waals surface area contributed by atoms with Gasteiger partial charge in [-0.2, -0.15) is 0 Å². The van der Waals surface area contributed by atoms with Crippen molar-refractivity contribution >= 4 is 29.3 Å². The van der Waals surface area contributed by atoms with Crippen molar-refractivity contribution in [2.24, 2.45) is 0 Å². The zero-order valence-corrected chi connectivity index (χ0v) is 17.4. The van der Waals surface area contributed by atoms with Crippen LogP contribution < -0.4 is 0 Å². The number of thioether (sulfide) groups is 1. The maximum Gasteiger partial charge on any atom is 0.338 e. The van der Waals surface area contributed by atoms with Gasteiger partial charge in [-0.05, 0) is 54.1 Å². The van der Waals surface area contributed by atoms with Crippen molar-refractivity contribution in [2.45, 2.75) is 17.3 Å². The molecule has 1 heterocycles.